The van der Waals surface area contributed by atoms with Gasteiger partial charge in [-0.05, 0) is 57.8 Å². The lowest BCUT2D eigenvalue weighted by molar-refractivity contribution is 0.434. The van der Waals surface area contributed by atoms with Crippen LogP contribution in [0.3, 0.4) is 0 Å². The normalized spacial score (nSPS) is 28.3. The molecule has 4 nitrogen and oxygen atoms in total. The van der Waals surface area contributed by atoms with E-state index in [2.05, 4.69) is 28.2 Å². The van der Waals surface area contributed by atoms with E-state index in [0.29, 0.717) is 18.0 Å². The second-order valence-electron chi connectivity index (χ2n) is 6.01. The first kappa shape index (κ1) is 14.3. The minimum absolute atomic E-state index is 0.716. The van der Waals surface area contributed by atoms with Crippen LogP contribution in [0.1, 0.15) is 32.6 Å². The number of nitrogens with one attached hydrogen (secondary N) is 4. The highest BCUT2D eigenvalue weighted by Gasteiger charge is 2.14. The molecule has 0 aromatic heterocycles. The van der Waals surface area contributed by atoms with Gasteiger partial charge in [0.05, 0.1) is 0 Å². The van der Waals surface area contributed by atoms with Crippen LogP contribution in [0.15, 0.2) is 0 Å². The number of hydrogen-bond acceptors (Lipinski definition) is 4. The average molecular weight is 254 g/mol. The van der Waals surface area contributed by atoms with Crippen LogP contribution in [-0.2, 0) is 0 Å². The second kappa shape index (κ2) is 8.10. The third-order valence-corrected chi connectivity index (χ3v) is 4.09. The van der Waals surface area contributed by atoms with Gasteiger partial charge < -0.3 is 21.3 Å². The molecule has 0 saturated carbocycles. The smallest absolute Gasteiger partial charge is 0.0192 e. The third kappa shape index (κ3) is 5.22. The summed E-state index contributed by atoms with van der Waals surface area (Å²) >= 11 is 0. The molecule has 0 aliphatic carbocycles. The highest BCUT2D eigenvalue weighted by atomic mass is 15.0. The van der Waals surface area contributed by atoms with Crippen LogP contribution in [0, 0.1) is 5.92 Å². The molecule has 0 unspecified atom stereocenters. The van der Waals surface area contributed by atoms with Gasteiger partial charge in [-0.3, -0.25) is 0 Å². The maximum absolute atomic E-state index is 3.59. The fourth-order valence-corrected chi connectivity index (χ4v) is 2.94. The maximum Gasteiger partial charge on any atom is 0.0192 e. The monoisotopic (exact) mass is 254 g/mol. The lowest BCUT2D eigenvalue weighted by Gasteiger charge is -2.17. The molecule has 4 N–H and O–H groups in total. The molecule has 2 fully saturated rings. The standard InChI is InChI=1S/C14H30N4/c1-12(8-15-10-13-4-2-6-17-13)9-16-11-14-5-3-7-18-14/h12-18H,2-11H2,1H3/t13-,14-/m0/s1. The summed E-state index contributed by atoms with van der Waals surface area (Å²) in [5.41, 5.74) is 0. The number of hydrogen-bond donors (Lipinski definition) is 4. The molecule has 0 bridgehead atoms. The van der Waals surface area contributed by atoms with Gasteiger partial charge in [-0.15, -0.1) is 0 Å². The van der Waals surface area contributed by atoms with Gasteiger partial charge in [-0.1, -0.05) is 6.92 Å². The van der Waals surface area contributed by atoms with Crippen LogP contribution in [0.4, 0.5) is 0 Å². The Balaban J connectivity index is 1.43. The molecule has 0 aromatic carbocycles. The van der Waals surface area contributed by atoms with Crippen molar-refractivity contribution in [3.63, 3.8) is 0 Å². The summed E-state index contributed by atoms with van der Waals surface area (Å²) in [5.74, 6) is 0.716. The highest BCUT2D eigenvalue weighted by molar-refractivity contribution is 4.78. The van der Waals surface area contributed by atoms with Crippen molar-refractivity contribution < 1.29 is 0 Å². The molecule has 0 aromatic rings. The lowest BCUT2D eigenvalue weighted by Crippen LogP contribution is -2.40. The minimum Gasteiger partial charge on any atom is -0.315 e. The Hall–Kier alpha value is -0.160. The summed E-state index contributed by atoms with van der Waals surface area (Å²) in [6.45, 7) is 9.26. The average Bonchev–Trinajstić information content (AvgIpc) is 3.01. The lowest BCUT2D eigenvalue weighted by atomic mass is 10.1. The third-order valence-electron chi connectivity index (χ3n) is 4.09. The molecule has 2 aliphatic heterocycles. The summed E-state index contributed by atoms with van der Waals surface area (Å²) in [5, 5.41) is 14.2. The van der Waals surface area contributed by atoms with E-state index in [1.54, 1.807) is 0 Å². The molecule has 2 atom stereocenters. The largest absolute Gasteiger partial charge is 0.315 e. The van der Waals surface area contributed by atoms with Crippen LogP contribution in [0.2, 0.25) is 0 Å². The first-order valence-electron chi connectivity index (χ1n) is 7.73. The molecule has 0 spiro atoms. The van der Waals surface area contributed by atoms with Gasteiger partial charge in [-0.25, -0.2) is 0 Å². The molecule has 0 radical (unpaired) electrons. The van der Waals surface area contributed by atoms with Gasteiger partial charge >= 0.3 is 0 Å². The van der Waals surface area contributed by atoms with Crippen molar-refractivity contribution in [1.82, 2.24) is 21.3 Å². The zero-order valence-electron chi connectivity index (χ0n) is 11.8. The summed E-state index contributed by atoms with van der Waals surface area (Å²) in [7, 11) is 0. The quantitative estimate of drug-likeness (QED) is 0.503. The van der Waals surface area contributed by atoms with Gasteiger partial charge in [0.25, 0.3) is 0 Å². The minimum atomic E-state index is 0.716. The Kier molecular flexibility index (Phi) is 6.41. The Labute approximate surface area is 112 Å². The second-order valence-corrected chi connectivity index (χ2v) is 6.01. The fraction of sp³-hybridized carbons (Fsp3) is 1.00. The van der Waals surface area contributed by atoms with Crippen LogP contribution in [-0.4, -0.2) is 51.4 Å². The van der Waals surface area contributed by atoms with Crippen LogP contribution >= 0.6 is 0 Å². The molecule has 106 valence electrons. The van der Waals surface area contributed by atoms with Gasteiger partial charge in [0.2, 0.25) is 0 Å². The molecule has 2 heterocycles. The molecule has 0 amide bonds. The van der Waals surface area contributed by atoms with Crippen molar-refractivity contribution in [3.05, 3.63) is 0 Å². The highest BCUT2D eigenvalue weighted by Crippen LogP contribution is 2.04. The Bertz CT molecular complexity index is 188. The fourth-order valence-electron chi connectivity index (χ4n) is 2.94. The molecular formula is C14H30N4. The SMILES string of the molecule is CC(CNC[C@@H]1CCCN1)CNC[C@@H]1CCCN1. The van der Waals surface area contributed by atoms with Gasteiger partial charge in [0.1, 0.15) is 0 Å². The van der Waals surface area contributed by atoms with E-state index in [0.717, 1.165) is 26.2 Å². The molecule has 2 saturated heterocycles. The molecule has 4 heteroatoms. The zero-order valence-corrected chi connectivity index (χ0v) is 11.8. The van der Waals surface area contributed by atoms with Crippen molar-refractivity contribution in [1.29, 1.82) is 0 Å². The molecule has 18 heavy (non-hydrogen) atoms. The van der Waals surface area contributed by atoms with Crippen molar-refractivity contribution in [2.24, 2.45) is 5.92 Å². The van der Waals surface area contributed by atoms with Crippen molar-refractivity contribution >= 4 is 0 Å². The molecule has 2 rings (SSSR count). The predicted octanol–water partition coefficient (Wildman–Crippen LogP) is 0.306. The van der Waals surface area contributed by atoms with E-state index in [4.69, 9.17) is 0 Å². The summed E-state index contributed by atoms with van der Waals surface area (Å²) < 4.78 is 0. The Morgan fingerprint density at radius 3 is 1.83 bits per heavy atom. The molecule has 2 aliphatic rings. The van der Waals surface area contributed by atoms with Crippen LogP contribution in [0.25, 0.3) is 0 Å². The van der Waals surface area contributed by atoms with E-state index >= 15 is 0 Å². The summed E-state index contributed by atoms with van der Waals surface area (Å²) in [6.07, 6.45) is 5.37. The summed E-state index contributed by atoms with van der Waals surface area (Å²) in [6, 6.07) is 1.43. The van der Waals surface area contributed by atoms with Crippen molar-refractivity contribution in [3.8, 4) is 0 Å². The summed E-state index contributed by atoms with van der Waals surface area (Å²) in [4.78, 5) is 0. The zero-order chi connectivity index (χ0) is 12.6. The van der Waals surface area contributed by atoms with E-state index in [-0.39, 0.29) is 0 Å². The first-order chi connectivity index (χ1) is 8.84. The predicted molar refractivity (Wildman–Crippen MR) is 77.0 cm³/mol. The first-order valence-corrected chi connectivity index (χ1v) is 7.73. The topological polar surface area (TPSA) is 48.1 Å². The van der Waals surface area contributed by atoms with Crippen LogP contribution in [0.5, 0.6) is 0 Å². The van der Waals surface area contributed by atoms with E-state index in [1.165, 1.54) is 38.8 Å². The van der Waals surface area contributed by atoms with Crippen LogP contribution < -0.4 is 21.3 Å². The van der Waals surface area contributed by atoms with Crippen molar-refractivity contribution in [2.75, 3.05) is 39.3 Å². The number of rotatable bonds is 8. The van der Waals surface area contributed by atoms with E-state index < -0.39 is 0 Å². The molecular weight excluding hydrogens is 224 g/mol. The van der Waals surface area contributed by atoms with Crippen molar-refractivity contribution in [2.45, 2.75) is 44.7 Å². The van der Waals surface area contributed by atoms with E-state index in [9.17, 15) is 0 Å². The van der Waals surface area contributed by atoms with Gasteiger partial charge in [0.15, 0.2) is 0 Å². The van der Waals surface area contributed by atoms with Gasteiger partial charge in [-0.2, -0.15) is 0 Å². The Morgan fingerprint density at radius 1 is 0.944 bits per heavy atom. The Morgan fingerprint density at radius 2 is 1.44 bits per heavy atom. The van der Waals surface area contributed by atoms with Gasteiger partial charge in [0, 0.05) is 25.2 Å². The maximum atomic E-state index is 3.59. The van der Waals surface area contributed by atoms with E-state index in [1.807, 2.05) is 0 Å².